The first-order valence-corrected chi connectivity index (χ1v) is 8.80. The molecule has 0 radical (unpaired) electrons. The summed E-state index contributed by atoms with van der Waals surface area (Å²) < 4.78 is 5.33. The van der Waals surface area contributed by atoms with E-state index >= 15 is 0 Å². The number of aryl methyl sites for hydroxylation is 1. The first-order chi connectivity index (χ1) is 12.6. The number of ether oxygens (including phenoxy) is 1. The normalized spacial score (nSPS) is 13.9. The number of nitrogens with two attached hydrogens (primary N) is 1. The molecule has 0 aliphatic carbocycles. The quantitative estimate of drug-likeness (QED) is 0.579. The third-order valence-corrected chi connectivity index (χ3v) is 4.13. The number of benzene rings is 1. The highest BCUT2D eigenvalue weighted by molar-refractivity contribution is 6.03. The molecule has 1 aromatic heterocycles. The Balaban J connectivity index is 1.81. The van der Waals surface area contributed by atoms with E-state index in [2.05, 4.69) is 20.9 Å². The minimum absolute atomic E-state index is 0.109. The van der Waals surface area contributed by atoms with E-state index in [-0.39, 0.29) is 11.9 Å². The Morgan fingerprint density at radius 1 is 1.38 bits per heavy atom. The van der Waals surface area contributed by atoms with Crippen LogP contribution in [0.15, 0.2) is 30.3 Å². The average Bonchev–Trinajstić information content (AvgIpc) is 2.99. The molecule has 1 amide bonds. The summed E-state index contributed by atoms with van der Waals surface area (Å²) in [7, 11) is 0. The van der Waals surface area contributed by atoms with Crippen molar-refractivity contribution in [1.82, 2.24) is 10.3 Å². The van der Waals surface area contributed by atoms with Crippen molar-refractivity contribution in [3.05, 3.63) is 47.0 Å². The summed E-state index contributed by atoms with van der Waals surface area (Å²) in [6.07, 6.45) is 0. The van der Waals surface area contributed by atoms with E-state index in [0.717, 1.165) is 16.8 Å². The lowest BCUT2D eigenvalue weighted by molar-refractivity contribution is 0.0966. The van der Waals surface area contributed by atoms with Gasteiger partial charge in [-0.2, -0.15) is 0 Å². The zero-order chi connectivity index (χ0) is 18.5. The van der Waals surface area contributed by atoms with E-state index in [1.807, 2.05) is 44.2 Å². The highest BCUT2D eigenvalue weighted by Crippen LogP contribution is 2.28. The lowest BCUT2D eigenvalue weighted by Crippen LogP contribution is -2.34. The van der Waals surface area contributed by atoms with Crippen LogP contribution >= 0.6 is 0 Å². The van der Waals surface area contributed by atoms with Crippen LogP contribution in [0.4, 0.5) is 17.3 Å². The second kappa shape index (κ2) is 8.16. The summed E-state index contributed by atoms with van der Waals surface area (Å²) in [4.78, 5) is 16.8. The van der Waals surface area contributed by atoms with Gasteiger partial charge in [-0.15, -0.1) is 0 Å². The molecule has 7 heteroatoms. The molecule has 1 atom stereocenters. The van der Waals surface area contributed by atoms with Crippen molar-refractivity contribution >= 4 is 23.2 Å². The molecule has 0 bridgehead atoms. The van der Waals surface area contributed by atoms with Crippen LogP contribution in [-0.2, 0) is 11.3 Å². The summed E-state index contributed by atoms with van der Waals surface area (Å²) in [5, 5.41) is 9.36. The molecule has 0 fully saturated rings. The van der Waals surface area contributed by atoms with Crippen LogP contribution in [0.3, 0.4) is 0 Å². The van der Waals surface area contributed by atoms with Crippen molar-refractivity contribution in [3.63, 3.8) is 0 Å². The van der Waals surface area contributed by atoms with Crippen molar-refractivity contribution in [2.75, 3.05) is 30.4 Å². The van der Waals surface area contributed by atoms with Crippen LogP contribution in [0.5, 0.6) is 0 Å². The maximum atomic E-state index is 12.2. The van der Waals surface area contributed by atoms with Crippen LogP contribution in [0.2, 0.25) is 0 Å². The van der Waals surface area contributed by atoms with Crippen molar-refractivity contribution in [3.8, 4) is 0 Å². The number of nitrogens with one attached hydrogen (secondary N) is 3. The number of hydrogen-bond donors (Lipinski definition) is 4. The molecule has 7 nitrogen and oxygen atoms in total. The van der Waals surface area contributed by atoms with Gasteiger partial charge >= 0.3 is 0 Å². The zero-order valence-corrected chi connectivity index (χ0v) is 15.1. The number of carbonyl (C=O) groups excluding carboxylic acids is 1. The van der Waals surface area contributed by atoms with Gasteiger partial charge < -0.3 is 26.4 Å². The molecule has 0 spiro atoms. The van der Waals surface area contributed by atoms with Gasteiger partial charge in [0.05, 0.1) is 12.2 Å². The number of anilines is 3. The molecule has 26 heavy (non-hydrogen) atoms. The van der Waals surface area contributed by atoms with Gasteiger partial charge in [0.15, 0.2) is 0 Å². The van der Waals surface area contributed by atoms with Gasteiger partial charge in [0.25, 0.3) is 5.91 Å². The smallest absolute Gasteiger partial charge is 0.255 e. The van der Waals surface area contributed by atoms with Crippen molar-refractivity contribution in [2.45, 2.75) is 26.4 Å². The fraction of sp³-hybridized carbons (Fsp3) is 0.368. The number of hydrogen-bond acceptors (Lipinski definition) is 6. The molecular weight excluding hydrogens is 330 g/mol. The third-order valence-electron chi connectivity index (χ3n) is 4.13. The van der Waals surface area contributed by atoms with E-state index in [1.165, 1.54) is 0 Å². The number of amides is 1. The van der Waals surface area contributed by atoms with Crippen molar-refractivity contribution in [2.24, 2.45) is 5.73 Å². The molecule has 1 unspecified atom stereocenters. The number of pyridine rings is 1. The topological polar surface area (TPSA) is 101 Å². The van der Waals surface area contributed by atoms with Gasteiger partial charge in [-0.25, -0.2) is 4.98 Å². The van der Waals surface area contributed by atoms with Gasteiger partial charge in [0, 0.05) is 31.4 Å². The lowest BCUT2D eigenvalue weighted by Gasteiger charge is -2.15. The molecular formula is C19H25N5O2. The van der Waals surface area contributed by atoms with Gasteiger partial charge in [0.2, 0.25) is 0 Å². The largest absolute Gasteiger partial charge is 0.380 e. The molecule has 5 N–H and O–H groups in total. The minimum Gasteiger partial charge on any atom is -0.380 e. The highest BCUT2D eigenvalue weighted by Gasteiger charge is 2.25. The van der Waals surface area contributed by atoms with Gasteiger partial charge in [-0.3, -0.25) is 4.79 Å². The lowest BCUT2D eigenvalue weighted by atomic mass is 10.1. The van der Waals surface area contributed by atoms with E-state index in [9.17, 15) is 4.79 Å². The molecule has 1 aliphatic heterocycles. The van der Waals surface area contributed by atoms with Crippen LogP contribution in [0.25, 0.3) is 0 Å². The monoisotopic (exact) mass is 355 g/mol. The Kier molecular flexibility index (Phi) is 5.70. The zero-order valence-electron chi connectivity index (χ0n) is 15.1. The first-order valence-electron chi connectivity index (χ1n) is 8.80. The molecule has 138 valence electrons. The van der Waals surface area contributed by atoms with E-state index in [4.69, 9.17) is 10.5 Å². The first kappa shape index (κ1) is 18.2. The summed E-state index contributed by atoms with van der Waals surface area (Å²) >= 11 is 0. The molecule has 1 aromatic carbocycles. The summed E-state index contributed by atoms with van der Waals surface area (Å²) in [6, 6.07) is 9.71. The van der Waals surface area contributed by atoms with Crippen LogP contribution in [0.1, 0.15) is 28.4 Å². The third kappa shape index (κ3) is 4.30. The number of aromatic nitrogens is 1. The predicted molar refractivity (Wildman–Crippen MR) is 103 cm³/mol. The molecule has 2 heterocycles. The van der Waals surface area contributed by atoms with Crippen LogP contribution in [0, 0.1) is 6.92 Å². The second-order valence-electron chi connectivity index (χ2n) is 6.37. The molecule has 3 rings (SSSR count). The average molecular weight is 355 g/mol. The Morgan fingerprint density at radius 3 is 3.00 bits per heavy atom. The molecule has 1 aliphatic rings. The number of fused-ring (bicyclic) bond motifs is 1. The van der Waals surface area contributed by atoms with Gasteiger partial charge in [0.1, 0.15) is 11.6 Å². The van der Waals surface area contributed by atoms with Crippen LogP contribution < -0.4 is 21.7 Å². The summed E-state index contributed by atoms with van der Waals surface area (Å²) in [5.41, 5.74) is 9.56. The van der Waals surface area contributed by atoms with Crippen molar-refractivity contribution in [1.29, 1.82) is 0 Å². The Morgan fingerprint density at radius 2 is 2.23 bits per heavy atom. The van der Waals surface area contributed by atoms with Gasteiger partial charge in [-0.05, 0) is 43.2 Å². The Hall–Kier alpha value is -2.64. The number of rotatable bonds is 8. The van der Waals surface area contributed by atoms with Gasteiger partial charge in [-0.1, -0.05) is 12.1 Å². The molecule has 0 saturated heterocycles. The van der Waals surface area contributed by atoms with E-state index in [0.29, 0.717) is 43.5 Å². The predicted octanol–water partition coefficient (Wildman–Crippen LogP) is 2.15. The Labute approximate surface area is 153 Å². The minimum atomic E-state index is -0.127. The highest BCUT2D eigenvalue weighted by atomic mass is 16.5. The molecule has 0 saturated carbocycles. The molecule has 2 aromatic rings. The maximum Gasteiger partial charge on any atom is 0.255 e. The van der Waals surface area contributed by atoms with Crippen LogP contribution in [-0.4, -0.2) is 36.7 Å². The SMILES string of the molecule is CCOCC(N)CNc1cc2c(c(Nc3cccc(C)c3)n1)C(=O)NC2. The summed E-state index contributed by atoms with van der Waals surface area (Å²) in [5.74, 6) is 1.12. The van der Waals surface area contributed by atoms with E-state index in [1.54, 1.807) is 0 Å². The van der Waals surface area contributed by atoms with Crippen molar-refractivity contribution < 1.29 is 9.53 Å². The number of carbonyl (C=O) groups is 1. The fourth-order valence-electron chi connectivity index (χ4n) is 2.86. The number of nitrogens with zero attached hydrogens (tertiary/aromatic N) is 1. The maximum absolute atomic E-state index is 12.2. The second-order valence-corrected chi connectivity index (χ2v) is 6.37. The Bertz CT molecular complexity index is 793. The fourth-order valence-corrected chi connectivity index (χ4v) is 2.86. The summed E-state index contributed by atoms with van der Waals surface area (Å²) in [6.45, 7) is 6.13. The van der Waals surface area contributed by atoms with E-state index < -0.39 is 0 Å². The standard InChI is InChI=1S/C19H25N5O2/c1-3-26-11-14(20)10-21-16-8-13-9-22-19(25)17(13)18(24-16)23-15-6-4-5-12(2)7-15/h4-8,14H,3,9-11,20H2,1-2H3,(H,22,25)(H2,21,23,24).